The standard InChI is InChI=1S/C17H13NO3/c19-11-13-10-18(9-12-5-2-1-3-6-12)14-7-4-8-15(20)16(14)17(13)21/h1-8,10-11,21H,9H2. The van der Waals surface area contributed by atoms with Gasteiger partial charge in [0.1, 0.15) is 5.75 Å². The second-order valence-corrected chi connectivity index (χ2v) is 4.81. The van der Waals surface area contributed by atoms with Gasteiger partial charge < -0.3 is 9.67 Å². The van der Waals surface area contributed by atoms with E-state index < -0.39 is 0 Å². The first-order chi connectivity index (χ1) is 10.2. The van der Waals surface area contributed by atoms with Crippen LogP contribution in [0.4, 0.5) is 0 Å². The summed E-state index contributed by atoms with van der Waals surface area (Å²) in [6.45, 7) is 0.516. The molecule has 0 saturated carbocycles. The summed E-state index contributed by atoms with van der Waals surface area (Å²) in [6.07, 6.45) is 2.12. The summed E-state index contributed by atoms with van der Waals surface area (Å²) in [6, 6.07) is 14.5. The highest BCUT2D eigenvalue weighted by Gasteiger charge is 2.18. The van der Waals surface area contributed by atoms with E-state index in [2.05, 4.69) is 0 Å². The number of benzene rings is 2. The van der Waals surface area contributed by atoms with Crippen LogP contribution in [0.2, 0.25) is 0 Å². The number of carbonyl (C=O) groups excluding carboxylic acids is 1. The lowest BCUT2D eigenvalue weighted by molar-refractivity contribution is 0.112. The van der Waals surface area contributed by atoms with Gasteiger partial charge in [0.2, 0.25) is 0 Å². The molecule has 1 aliphatic carbocycles. The minimum Gasteiger partial charge on any atom is -0.506 e. The van der Waals surface area contributed by atoms with E-state index in [4.69, 9.17) is 0 Å². The molecule has 1 aromatic rings. The molecule has 0 radical (unpaired) electrons. The summed E-state index contributed by atoms with van der Waals surface area (Å²) in [4.78, 5) is 23.1. The molecule has 0 atom stereocenters. The fraction of sp³-hybridized carbons (Fsp3) is 0.0588. The zero-order valence-corrected chi connectivity index (χ0v) is 11.2. The average Bonchev–Trinajstić information content (AvgIpc) is 2.51. The third-order valence-electron chi connectivity index (χ3n) is 3.44. The lowest BCUT2D eigenvalue weighted by Gasteiger charge is -2.17. The molecule has 0 fully saturated rings. The van der Waals surface area contributed by atoms with Gasteiger partial charge in [0.15, 0.2) is 11.7 Å². The molecule has 0 unspecified atom stereocenters. The van der Waals surface area contributed by atoms with Crippen molar-refractivity contribution < 1.29 is 9.90 Å². The van der Waals surface area contributed by atoms with E-state index in [1.54, 1.807) is 22.9 Å². The molecule has 1 N–H and O–H groups in total. The highest BCUT2D eigenvalue weighted by molar-refractivity contribution is 5.85. The second kappa shape index (κ2) is 5.25. The molecule has 21 heavy (non-hydrogen) atoms. The zero-order chi connectivity index (χ0) is 14.8. The number of fused-ring (bicyclic) bond motifs is 1. The maximum atomic E-state index is 12.0. The first-order valence-corrected chi connectivity index (χ1v) is 6.55. The fourth-order valence-electron chi connectivity index (χ4n) is 2.44. The van der Waals surface area contributed by atoms with Gasteiger partial charge in [0, 0.05) is 12.7 Å². The Labute approximate surface area is 121 Å². The van der Waals surface area contributed by atoms with Gasteiger partial charge >= 0.3 is 0 Å². The number of hydrogen-bond donors (Lipinski definition) is 1. The third-order valence-corrected chi connectivity index (χ3v) is 3.44. The third kappa shape index (κ3) is 2.31. The molecule has 3 rings (SSSR count). The number of pyridine rings is 1. The molecule has 104 valence electrons. The van der Waals surface area contributed by atoms with E-state index in [-0.39, 0.29) is 22.3 Å². The monoisotopic (exact) mass is 279 g/mol. The molecular formula is C17H13NO3. The van der Waals surface area contributed by atoms with Crippen LogP contribution in [0.3, 0.4) is 0 Å². The minimum absolute atomic E-state index is 0.113. The van der Waals surface area contributed by atoms with E-state index in [9.17, 15) is 14.7 Å². The summed E-state index contributed by atoms with van der Waals surface area (Å²) >= 11 is 0. The van der Waals surface area contributed by atoms with E-state index in [0.717, 1.165) is 5.56 Å². The average molecular weight is 279 g/mol. The van der Waals surface area contributed by atoms with Crippen LogP contribution in [0, 0.1) is 0 Å². The summed E-state index contributed by atoms with van der Waals surface area (Å²) in [5.74, 6) is -0.255. The Hall–Kier alpha value is -2.88. The maximum absolute atomic E-state index is 12.0. The molecule has 1 heterocycles. The SMILES string of the molecule is O=Cc1cn(Cc2ccccc2)c2cccc(=O)c-2c1O. The van der Waals surface area contributed by atoms with Crippen molar-refractivity contribution in [3.63, 3.8) is 0 Å². The molecule has 4 heteroatoms. The van der Waals surface area contributed by atoms with E-state index in [1.807, 2.05) is 30.3 Å². The van der Waals surface area contributed by atoms with Crippen molar-refractivity contribution in [2.75, 3.05) is 0 Å². The van der Waals surface area contributed by atoms with Gasteiger partial charge in [0.05, 0.1) is 16.8 Å². The van der Waals surface area contributed by atoms with Crippen molar-refractivity contribution in [3.8, 4) is 17.0 Å². The van der Waals surface area contributed by atoms with Gasteiger partial charge in [-0.1, -0.05) is 36.4 Å². The Morgan fingerprint density at radius 2 is 1.81 bits per heavy atom. The van der Waals surface area contributed by atoms with E-state index in [1.165, 1.54) is 6.07 Å². The highest BCUT2D eigenvalue weighted by Crippen LogP contribution is 2.31. The van der Waals surface area contributed by atoms with Gasteiger partial charge in [-0.05, 0) is 17.7 Å². The van der Waals surface area contributed by atoms with Crippen molar-refractivity contribution in [1.29, 1.82) is 0 Å². The Kier molecular flexibility index (Phi) is 3.28. The van der Waals surface area contributed by atoms with Gasteiger partial charge in [-0.3, -0.25) is 9.59 Å². The number of rotatable bonds is 3. The molecule has 1 aliphatic heterocycles. The first-order valence-electron chi connectivity index (χ1n) is 6.55. The summed E-state index contributed by atoms with van der Waals surface area (Å²) in [5, 5.41) is 10.1. The molecule has 0 spiro atoms. The van der Waals surface area contributed by atoms with Crippen LogP contribution in [0.1, 0.15) is 15.9 Å². The van der Waals surface area contributed by atoms with Crippen LogP contribution in [0.5, 0.6) is 5.75 Å². The molecule has 0 aromatic heterocycles. The van der Waals surface area contributed by atoms with Crippen LogP contribution < -0.4 is 5.43 Å². The molecule has 0 saturated heterocycles. The van der Waals surface area contributed by atoms with Crippen LogP contribution in [0.25, 0.3) is 11.3 Å². The molecule has 0 bridgehead atoms. The van der Waals surface area contributed by atoms with Crippen molar-refractivity contribution in [3.05, 3.63) is 76.1 Å². The predicted molar refractivity (Wildman–Crippen MR) is 79.9 cm³/mol. The lowest BCUT2D eigenvalue weighted by atomic mass is 10.0. The summed E-state index contributed by atoms with van der Waals surface area (Å²) in [7, 11) is 0. The van der Waals surface area contributed by atoms with Crippen molar-refractivity contribution >= 4 is 6.29 Å². The van der Waals surface area contributed by atoms with Crippen LogP contribution >= 0.6 is 0 Å². The number of aldehydes is 1. The predicted octanol–water partition coefficient (Wildman–Crippen LogP) is 2.52. The minimum atomic E-state index is -0.296. The largest absolute Gasteiger partial charge is 0.506 e. The van der Waals surface area contributed by atoms with E-state index in [0.29, 0.717) is 18.5 Å². The van der Waals surface area contributed by atoms with Gasteiger partial charge in [-0.25, -0.2) is 0 Å². The lowest BCUT2D eigenvalue weighted by Crippen LogP contribution is -2.13. The van der Waals surface area contributed by atoms with Crippen molar-refractivity contribution in [1.82, 2.24) is 4.57 Å². The maximum Gasteiger partial charge on any atom is 0.191 e. The number of carbonyl (C=O) groups is 1. The Morgan fingerprint density at radius 3 is 2.52 bits per heavy atom. The fourth-order valence-corrected chi connectivity index (χ4v) is 2.44. The van der Waals surface area contributed by atoms with Gasteiger partial charge in [0.25, 0.3) is 0 Å². The van der Waals surface area contributed by atoms with E-state index >= 15 is 0 Å². The topological polar surface area (TPSA) is 59.3 Å². The van der Waals surface area contributed by atoms with Gasteiger partial charge in [-0.15, -0.1) is 0 Å². The Bertz CT molecular complexity index is 821. The van der Waals surface area contributed by atoms with Crippen LogP contribution in [-0.4, -0.2) is 16.0 Å². The summed E-state index contributed by atoms with van der Waals surface area (Å²) in [5.41, 5.74) is 1.65. The molecule has 1 aromatic carbocycles. The number of hydrogen-bond acceptors (Lipinski definition) is 3. The molecular weight excluding hydrogens is 266 g/mol. The Morgan fingerprint density at radius 1 is 1.05 bits per heavy atom. The summed E-state index contributed by atoms with van der Waals surface area (Å²) < 4.78 is 1.80. The smallest absolute Gasteiger partial charge is 0.191 e. The quantitative estimate of drug-likeness (QED) is 0.749. The molecule has 0 amide bonds. The Balaban J connectivity index is 2.23. The van der Waals surface area contributed by atoms with Crippen molar-refractivity contribution in [2.45, 2.75) is 6.54 Å². The number of aromatic nitrogens is 1. The number of nitrogens with zero attached hydrogens (tertiary/aromatic N) is 1. The van der Waals surface area contributed by atoms with Crippen molar-refractivity contribution in [2.24, 2.45) is 0 Å². The highest BCUT2D eigenvalue weighted by atomic mass is 16.3. The zero-order valence-electron chi connectivity index (χ0n) is 11.2. The number of aromatic hydroxyl groups is 1. The van der Waals surface area contributed by atoms with Crippen LogP contribution in [0.15, 0.2) is 59.5 Å². The van der Waals surface area contributed by atoms with Crippen LogP contribution in [-0.2, 0) is 6.54 Å². The first kappa shape index (κ1) is 13.1. The normalized spacial score (nSPS) is 10.7. The second-order valence-electron chi connectivity index (χ2n) is 4.81. The van der Waals surface area contributed by atoms with Gasteiger partial charge in [-0.2, -0.15) is 0 Å². The molecule has 2 aliphatic rings. The molecule has 4 nitrogen and oxygen atoms in total.